The summed E-state index contributed by atoms with van der Waals surface area (Å²) in [6.45, 7) is 4.21. The van der Waals surface area contributed by atoms with Crippen LogP contribution in [0.5, 0.6) is 0 Å². The molecule has 3 heterocycles. The van der Waals surface area contributed by atoms with Crippen molar-refractivity contribution < 1.29 is 13.9 Å². The summed E-state index contributed by atoms with van der Waals surface area (Å²) >= 11 is 1.83. The first-order valence-electron chi connectivity index (χ1n) is 8.72. The zero-order valence-corrected chi connectivity index (χ0v) is 15.6. The van der Waals surface area contributed by atoms with Crippen molar-refractivity contribution in [1.29, 1.82) is 0 Å². The molecule has 0 saturated carbocycles. The molecule has 1 atom stereocenters. The van der Waals surface area contributed by atoms with Crippen LogP contribution >= 0.6 is 11.8 Å². The third kappa shape index (κ3) is 4.55. The fourth-order valence-corrected chi connectivity index (χ4v) is 4.37. The van der Waals surface area contributed by atoms with E-state index in [-0.39, 0.29) is 5.41 Å². The van der Waals surface area contributed by atoms with Crippen molar-refractivity contribution in [2.45, 2.75) is 31.6 Å². The Balaban J connectivity index is 1.40. The van der Waals surface area contributed by atoms with Gasteiger partial charge in [-0.3, -0.25) is 4.79 Å². The van der Waals surface area contributed by atoms with Crippen molar-refractivity contribution in [3.05, 3.63) is 23.7 Å². The van der Waals surface area contributed by atoms with Crippen LogP contribution in [0.25, 0.3) is 0 Å². The molecular formula is C18H28N2O3S. The summed E-state index contributed by atoms with van der Waals surface area (Å²) in [4.78, 5) is 16.3. The number of carbonyl (C=O) groups excluding carboxylic acids is 1. The van der Waals surface area contributed by atoms with Crippen LogP contribution in [0.3, 0.4) is 0 Å². The van der Waals surface area contributed by atoms with Gasteiger partial charge < -0.3 is 19.0 Å². The summed E-state index contributed by atoms with van der Waals surface area (Å²) in [7, 11) is 4.07. The van der Waals surface area contributed by atoms with E-state index in [0.29, 0.717) is 12.3 Å². The molecule has 0 N–H and O–H groups in total. The zero-order valence-electron chi connectivity index (χ0n) is 14.8. The Morgan fingerprint density at radius 2 is 2.12 bits per heavy atom. The number of hydrogen-bond donors (Lipinski definition) is 0. The number of furan rings is 1. The molecule has 0 radical (unpaired) electrons. The number of carbonyl (C=O) groups is 1. The highest BCUT2D eigenvalue weighted by Crippen LogP contribution is 2.38. The fourth-order valence-electron chi connectivity index (χ4n) is 3.52. The first-order valence-corrected chi connectivity index (χ1v) is 9.87. The van der Waals surface area contributed by atoms with Gasteiger partial charge in [0.1, 0.15) is 11.5 Å². The summed E-state index contributed by atoms with van der Waals surface area (Å²) in [5.41, 5.74) is 0.237. The monoisotopic (exact) mass is 352 g/mol. The Hall–Kier alpha value is -0.980. The molecule has 0 aromatic carbocycles. The summed E-state index contributed by atoms with van der Waals surface area (Å²) < 4.78 is 11.4. The van der Waals surface area contributed by atoms with E-state index in [0.717, 1.165) is 68.7 Å². The average Bonchev–Trinajstić information content (AvgIpc) is 3.17. The zero-order chi connectivity index (χ0) is 17.0. The number of thioether (sulfide) groups is 1. The molecule has 1 spiro atoms. The summed E-state index contributed by atoms with van der Waals surface area (Å²) in [6, 6.07) is 4.11. The normalized spacial score (nSPS) is 24.5. The molecule has 2 aliphatic rings. The predicted molar refractivity (Wildman–Crippen MR) is 95.9 cm³/mol. The molecule has 0 bridgehead atoms. The van der Waals surface area contributed by atoms with Gasteiger partial charge in [0.2, 0.25) is 5.91 Å². The fraction of sp³-hybridized carbons (Fsp3) is 0.722. The van der Waals surface area contributed by atoms with Crippen molar-refractivity contribution in [1.82, 2.24) is 9.80 Å². The average molecular weight is 353 g/mol. The molecule has 1 amide bonds. The van der Waals surface area contributed by atoms with Crippen LogP contribution in [0.2, 0.25) is 0 Å². The van der Waals surface area contributed by atoms with E-state index >= 15 is 0 Å². The van der Waals surface area contributed by atoms with Crippen molar-refractivity contribution in [2.24, 2.45) is 5.41 Å². The Morgan fingerprint density at radius 3 is 2.88 bits per heavy atom. The molecule has 1 aromatic heterocycles. The number of nitrogens with zero attached hydrogens (tertiary/aromatic N) is 2. The molecule has 0 aliphatic carbocycles. The smallest absolute Gasteiger partial charge is 0.222 e. The molecule has 2 aliphatic heterocycles. The van der Waals surface area contributed by atoms with Crippen LogP contribution in [0.15, 0.2) is 16.5 Å². The second-order valence-electron chi connectivity index (χ2n) is 7.28. The molecule has 1 aromatic rings. The van der Waals surface area contributed by atoms with Crippen LogP contribution in [-0.2, 0) is 21.8 Å². The Morgan fingerprint density at radius 1 is 1.29 bits per heavy atom. The maximum atomic E-state index is 12.2. The van der Waals surface area contributed by atoms with E-state index in [1.807, 2.05) is 36.8 Å². The molecule has 1 unspecified atom stereocenters. The number of ether oxygens (including phenoxy) is 1. The molecular weight excluding hydrogens is 324 g/mol. The van der Waals surface area contributed by atoms with Gasteiger partial charge in [0, 0.05) is 37.3 Å². The predicted octanol–water partition coefficient (Wildman–Crippen LogP) is 2.60. The maximum absolute atomic E-state index is 12.2. The highest BCUT2D eigenvalue weighted by Gasteiger charge is 2.41. The standard InChI is InChI=1S/C18H28N2O3S/c1-19(2)11-15-3-4-16(23-15)12-24-10-8-20-13-18(6-5-17(20)21)7-9-22-14-18/h3-4H,5-14H2,1-2H3. The van der Waals surface area contributed by atoms with Gasteiger partial charge in [-0.1, -0.05) is 0 Å². The van der Waals surface area contributed by atoms with E-state index in [2.05, 4.69) is 11.0 Å². The molecule has 2 saturated heterocycles. The van der Waals surface area contributed by atoms with Crippen molar-refractivity contribution in [3.8, 4) is 0 Å². The first-order chi connectivity index (χ1) is 11.6. The van der Waals surface area contributed by atoms with Crippen LogP contribution < -0.4 is 0 Å². The van der Waals surface area contributed by atoms with Crippen molar-refractivity contribution >= 4 is 17.7 Å². The van der Waals surface area contributed by atoms with E-state index < -0.39 is 0 Å². The van der Waals surface area contributed by atoms with Gasteiger partial charge in [0.15, 0.2) is 0 Å². The van der Waals surface area contributed by atoms with E-state index in [1.165, 1.54) is 0 Å². The van der Waals surface area contributed by atoms with Gasteiger partial charge in [-0.05, 0) is 39.1 Å². The lowest BCUT2D eigenvalue weighted by molar-refractivity contribution is -0.137. The molecule has 6 heteroatoms. The third-order valence-electron chi connectivity index (χ3n) is 4.87. The van der Waals surface area contributed by atoms with Crippen LogP contribution in [0.1, 0.15) is 30.8 Å². The molecule has 24 heavy (non-hydrogen) atoms. The molecule has 3 rings (SSSR count). The Labute approximate surface area is 148 Å². The topological polar surface area (TPSA) is 45.9 Å². The Bertz CT molecular complexity index is 552. The number of amides is 1. The van der Waals surface area contributed by atoms with E-state index in [9.17, 15) is 4.79 Å². The lowest BCUT2D eigenvalue weighted by atomic mass is 9.79. The van der Waals surface area contributed by atoms with E-state index in [4.69, 9.17) is 9.15 Å². The minimum Gasteiger partial charge on any atom is -0.464 e. The quantitative estimate of drug-likeness (QED) is 0.706. The van der Waals surface area contributed by atoms with Crippen LogP contribution in [0, 0.1) is 5.41 Å². The highest BCUT2D eigenvalue weighted by molar-refractivity contribution is 7.98. The van der Waals surface area contributed by atoms with Gasteiger partial charge in [-0.2, -0.15) is 11.8 Å². The van der Waals surface area contributed by atoms with Gasteiger partial charge in [-0.25, -0.2) is 0 Å². The maximum Gasteiger partial charge on any atom is 0.222 e. The van der Waals surface area contributed by atoms with Gasteiger partial charge >= 0.3 is 0 Å². The largest absolute Gasteiger partial charge is 0.464 e. The van der Waals surface area contributed by atoms with Crippen molar-refractivity contribution in [3.63, 3.8) is 0 Å². The second-order valence-corrected chi connectivity index (χ2v) is 8.38. The molecule has 134 valence electrons. The summed E-state index contributed by atoms with van der Waals surface area (Å²) in [5.74, 6) is 4.14. The minimum atomic E-state index is 0.237. The van der Waals surface area contributed by atoms with Gasteiger partial charge in [0.05, 0.1) is 18.9 Å². The number of likely N-dealkylation sites (tertiary alicyclic amines) is 1. The minimum absolute atomic E-state index is 0.237. The highest BCUT2D eigenvalue weighted by atomic mass is 32.2. The van der Waals surface area contributed by atoms with Crippen LogP contribution in [-0.4, -0.2) is 61.9 Å². The number of rotatable bonds is 7. The summed E-state index contributed by atoms with van der Waals surface area (Å²) in [5, 5.41) is 0. The van der Waals surface area contributed by atoms with Crippen molar-refractivity contribution in [2.75, 3.05) is 46.2 Å². The SMILES string of the molecule is CN(C)Cc1ccc(CSCCN2CC3(CCOC3)CCC2=O)o1. The molecule has 5 nitrogen and oxygen atoms in total. The van der Waals surface area contributed by atoms with Gasteiger partial charge in [0.25, 0.3) is 0 Å². The first kappa shape index (κ1) is 17.8. The number of hydrogen-bond acceptors (Lipinski definition) is 5. The molecule has 2 fully saturated rings. The number of piperidine rings is 1. The Kier molecular flexibility index (Phi) is 5.89. The second kappa shape index (κ2) is 7.93. The summed E-state index contributed by atoms with van der Waals surface area (Å²) in [6.07, 6.45) is 2.78. The third-order valence-corrected chi connectivity index (χ3v) is 5.83. The lowest BCUT2D eigenvalue weighted by Gasteiger charge is -2.39. The van der Waals surface area contributed by atoms with Gasteiger partial charge in [-0.15, -0.1) is 0 Å². The van der Waals surface area contributed by atoms with E-state index in [1.54, 1.807) is 0 Å². The van der Waals surface area contributed by atoms with Crippen LogP contribution in [0.4, 0.5) is 0 Å². The lowest BCUT2D eigenvalue weighted by Crippen LogP contribution is -2.47.